The topological polar surface area (TPSA) is 83.1 Å². The Hall–Kier alpha value is -3.06. The van der Waals surface area contributed by atoms with E-state index in [4.69, 9.17) is 18.9 Å². The Morgan fingerprint density at radius 1 is 0.939 bits per heavy atom. The van der Waals surface area contributed by atoms with E-state index in [1.165, 1.54) is 0 Å². The molecule has 0 aromatic heterocycles. The molecule has 33 heavy (non-hydrogen) atoms. The van der Waals surface area contributed by atoms with E-state index in [-0.39, 0.29) is 12.5 Å². The lowest BCUT2D eigenvalue weighted by atomic mass is 9.85. The summed E-state index contributed by atoms with van der Waals surface area (Å²) in [5, 5.41) is 2.61. The summed E-state index contributed by atoms with van der Waals surface area (Å²) < 4.78 is 22.7. The zero-order valence-corrected chi connectivity index (χ0v) is 20.5. The number of para-hydroxylation sites is 2. The van der Waals surface area contributed by atoms with Crippen molar-refractivity contribution in [3.8, 4) is 11.5 Å². The first-order valence-corrected chi connectivity index (χ1v) is 10.9. The molecule has 0 aliphatic carbocycles. The fraction of sp³-hybridized carbons (Fsp3) is 0.462. The Labute approximate surface area is 196 Å². The third-order valence-electron chi connectivity index (χ3n) is 5.11. The molecule has 2 rings (SSSR count). The minimum absolute atomic E-state index is 0.0439. The van der Waals surface area contributed by atoms with Gasteiger partial charge in [-0.15, -0.1) is 0 Å². The molecule has 2 atom stereocenters. The number of aldehydes is 1. The highest BCUT2D eigenvalue weighted by Gasteiger charge is 2.33. The number of methoxy groups -OCH3 is 2. The van der Waals surface area contributed by atoms with Crippen LogP contribution in [0.2, 0.25) is 0 Å². The van der Waals surface area contributed by atoms with Crippen LogP contribution >= 0.6 is 0 Å². The van der Waals surface area contributed by atoms with Gasteiger partial charge in [0.2, 0.25) is 0 Å². The second-order valence-corrected chi connectivity index (χ2v) is 9.14. The van der Waals surface area contributed by atoms with Crippen LogP contribution in [0.4, 0.5) is 4.79 Å². The van der Waals surface area contributed by atoms with Crippen molar-refractivity contribution in [2.75, 3.05) is 20.8 Å². The summed E-state index contributed by atoms with van der Waals surface area (Å²) in [5.74, 6) is 1.18. The zero-order valence-electron chi connectivity index (χ0n) is 20.5. The number of rotatable bonds is 10. The van der Waals surface area contributed by atoms with Crippen molar-refractivity contribution in [1.29, 1.82) is 0 Å². The molecule has 0 unspecified atom stereocenters. The lowest BCUT2D eigenvalue weighted by molar-refractivity contribution is -0.116. The van der Waals surface area contributed by atoms with Gasteiger partial charge >= 0.3 is 6.09 Å². The molecule has 0 aliphatic rings. The Morgan fingerprint density at radius 3 is 1.85 bits per heavy atom. The van der Waals surface area contributed by atoms with E-state index in [1.807, 2.05) is 55.5 Å². The molecule has 7 heteroatoms. The summed E-state index contributed by atoms with van der Waals surface area (Å²) in [4.78, 5) is 24.1. The molecule has 180 valence electrons. The smallest absolute Gasteiger partial charge is 0.408 e. The van der Waals surface area contributed by atoms with Crippen molar-refractivity contribution in [2.45, 2.75) is 57.8 Å². The molecular formula is C26H35NO6. The fourth-order valence-electron chi connectivity index (χ4n) is 3.56. The third-order valence-corrected chi connectivity index (χ3v) is 5.11. The van der Waals surface area contributed by atoms with Crippen LogP contribution in [0.1, 0.15) is 51.7 Å². The number of carbonyl (C=O) groups excluding carboxylic acids is 2. The first-order chi connectivity index (χ1) is 15.5. The molecule has 1 amide bonds. The van der Waals surface area contributed by atoms with E-state index >= 15 is 0 Å². The minimum Gasteiger partial charge on any atom is -0.496 e. The highest BCUT2D eigenvalue weighted by atomic mass is 16.6. The monoisotopic (exact) mass is 457 g/mol. The second-order valence-electron chi connectivity index (χ2n) is 9.14. The number of nitrogens with one attached hydrogen (secondary N) is 1. The molecule has 0 spiro atoms. The summed E-state index contributed by atoms with van der Waals surface area (Å²) >= 11 is 0. The molecule has 2 aromatic rings. The lowest BCUT2D eigenvalue weighted by Crippen LogP contribution is -2.52. The second kappa shape index (κ2) is 11.2. The Morgan fingerprint density at radius 2 is 1.42 bits per heavy atom. The van der Waals surface area contributed by atoms with Gasteiger partial charge in [0.05, 0.1) is 26.9 Å². The van der Waals surface area contributed by atoms with E-state index in [2.05, 4.69) is 5.32 Å². The van der Waals surface area contributed by atoms with E-state index in [0.29, 0.717) is 17.8 Å². The number of benzene rings is 2. The van der Waals surface area contributed by atoms with Crippen molar-refractivity contribution in [1.82, 2.24) is 5.32 Å². The number of ether oxygens (including phenoxy) is 4. The number of amides is 1. The Balaban J connectivity index is 2.32. The van der Waals surface area contributed by atoms with Crippen LogP contribution in [-0.2, 0) is 14.3 Å². The molecule has 0 radical (unpaired) electrons. The zero-order chi connectivity index (χ0) is 24.6. The standard InChI is InChI=1S/C26H35NO6/c1-18(32-17-26(5,16-28)27-24(29)33-25(2,3)4)23(19-12-8-10-14-21(19)30-6)20-13-9-11-15-22(20)31-7/h8-16,18,23H,17H2,1-7H3,(H,27,29)/t18-,26-/m0/s1. The highest BCUT2D eigenvalue weighted by Crippen LogP contribution is 2.39. The van der Waals surface area contributed by atoms with Gasteiger partial charge in [-0.1, -0.05) is 36.4 Å². The van der Waals surface area contributed by atoms with E-state index < -0.39 is 23.3 Å². The molecule has 7 nitrogen and oxygen atoms in total. The first-order valence-electron chi connectivity index (χ1n) is 10.9. The quantitative estimate of drug-likeness (QED) is 0.520. The SMILES string of the molecule is COc1ccccc1C(c1ccccc1OC)[C@H](C)OC[C@](C)(C=O)NC(=O)OC(C)(C)C. The van der Waals surface area contributed by atoms with Gasteiger partial charge in [-0.05, 0) is 46.8 Å². The summed E-state index contributed by atoms with van der Waals surface area (Å²) in [6, 6.07) is 15.4. The largest absolute Gasteiger partial charge is 0.496 e. The molecule has 0 fully saturated rings. The fourth-order valence-corrected chi connectivity index (χ4v) is 3.56. The summed E-state index contributed by atoms with van der Waals surface area (Å²) in [5.41, 5.74) is -0.0985. The van der Waals surface area contributed by atoms with Crippen LogP contribution in [0.3, 0.4) is 0 Å². The van der Waals surface area contributed by atoms with Gasteiger partial charge < -0.3 is 29.1 Å². The predicted octanol–water partition coefficient (Wildman–Crippen LogP) is 4.72. The van der Waals surface area contributed by atoms with E-state index in [0.717, 1.165) is 11.1 Å². The van der Waals surface area contributed by atoms with Crippen molar-refractivity contribution in [2.24, 2.45) is 0 Å². The molecule has 1 N–H and O–H groups in total. The van der Waals surface area contributed by atoms with Gasteiger partial charge in [0.15, 0.2) is 0 Å². The Bertz CT molecular complexity index is 891. The number of carbonyl (C=O) groups is 2. The van der Waals surface area contributed by atoms with Gasteiger partial charge in [0.1, 0.15) is 28.9 Å². The highest BCUT2D eigenvalue weighted by molar-refractivity contribution is 5.76. The average Bonchev–Trinajstić information content (AvgIpc) is 2.77. The molecule has 0 bridgehead atoms. The van der Waals surface area contributed by atoms with Crippen LogP contribution < -0.4 is 14.8 Å². The number of hydrogen-bond acceptors (Lipinski definition) is 6. The van der Waals surface area contributed by atoms with Gasteiger partial charge in [0, 0.05) is 17.0 Å². The molecule has 2 aromatic carbocycles. The maximum Gasteiger partial charge on any atom is 0.408 e. The molecule has 0 saturated carbocycles. The number of alkyl carbamates (subject to hydrolysis) is 1. The van der Waals surface area contributed by atoms with Crippen molar-refractivity contribution in [3.63, 3.8) is 0 Å². The first kappa shape index (κ1) is 26.2. The summed E-state index contributed by atoms with van der Waals surface area (Å²) in [7, 11) is 3.25. The van der Waals surface area contributed by atoms with Crippen molar-refractivity contribution >= 4 is 12.4 Å². The van der Waals surface area contributed by atoms with Gasteiger partial charge in [0.25, 0.3) is 0 Å². The van der Waals surface area contributed by atoms with Crippen LogP contribution in [-0.4, -0.2) is 50.4 Å². The van der Waals surface area contributed by atoms with Crippen LogP contribution in [0, 0.1) is 0 Å². The van der Waals surface area contributed by atoms with Gasteiger partial charge in [-0.2, -0.15) is 0 Å². The minimum atomic E-state index is -1.26. The molecule has 0 heterocycles. The molecule has 0 aliphatic heterocycles. The summed E-state index contributed by atoms with van der Waals surface area (Å²) in [6.07, 6.45) is -0.415. The summed E-state index contributed by atoms with van der Waals surface area (Å²) in [6.45, 7) is 8.75. The predicted molar refractivity (Wildman–Crippen MR) is 127 cm³/mol. The molecule has 0 saturated heterocycles. The van der Waals surface area contributed by atoms with Crippen LogP contribution in [0.15, 0.2) is 48.5 Å². The van der Waals surface area contributed by atoms with Gasteiger partial charge in [-0.25, -0.2) is 4.79 Å². The van der Waals surface area contributed by atoms with E-state index in [9.17, 15) is 9.59 Å². The number of hydrogen-bond donors (Lipinski definition) is 1. The van der Waals surface area contributed by atoms with Crippen LogP contribution in [0.5, 0.6) is 11.5 Å². The van der Waals surface area contributed by atoms with Crippen LogP contribution in [0.25, 0.3) is 0 Å². The van der Waals surface area contributed by atoms with Crippen molar-refractivity contribution in [3.05, 3.63) is 59.7 Å². The average molecular weight is 458 g/mol. The maximum atomic E-state index is 12.2. The normalized spacial score (nSPS) is 14.2. The van der Waals surface area contributed by atoms with E-state index in [1.54, 1.807) is 41.9 Å². The van der Waals surface area contributed by atoms with Crippen molar-refractivity contribution < 1.29 is 28.5 Å². The molecular weight excluding hydrogens is 422 g/mol. The third kappa shape index (κ3) is 7.22. The maximum absolute atomic E-state index is 12.2. The van der Waals surface area contributed by atoms with Gasteiger partial charge in [-0.3, -0.25) is 0 Å². The lowest BCUT2D eigenvalue weighted by Gasteiger charge is -2.32. The Kier molecular flexibility index (Phi) is 8.88.